The van der Waals surface area contributed by atoms with Gasteiger partial charge in [-0.3, -0.25) is 4.79 Å². The van der Waals surface area contributed by atoms with Crippen LogP contribution >= 0.6 is 11.8 Å². The van der Waals surface area contributed by atoms with Crippen LogP contribution in [-0.4, -0.2) is 11.1 Å². The van der Waals surface area contributed by atoms with Gasteiger partial charge in [0, 0.05) is 15.9 Å². The number of carbonyl (C=O) groups excluding carboxylic acids is 1. The van der Waals surface area contributed by atoms with Gasteiger partial charge in [0.05, 0.1) is 11.4 Å². The SMILES string of the molecule is Cc1cc(C(=O)Nc2ccccc2Sc2ccccc2)on1. The van der Waals surface area contributed by atoms with Gasteiger partial charge in [0.1, 0.15) is 0 Å². The summed E-state index contributed by atoms with van der Waals surface area (Å²) < 4.78 is 4.99. The number of benzene rings is 2. The molecule has 4 nitrogen and oxygen atoms in total. The molecule has 0 bridgehead atoms. The van der Waals surface area contributed by atoms with Crippen molar-refractivity contribution >= 4 is 23.4 Å². The number of aromatic nitrogens is 1. The normalized spacial score (nSPS) is 10.4. The number of anilines is 1. The highest BCUT2D eigenvalue weighted by Gasteiger charge is 2.13. The monoisotopic (exact) mass is 310 g/mol. The minimum atomic E-state index is -0.304. The summed E-state index contributed by atoms with van der Waals surface area (Å²) in [5.74, 6) is -0.0984. The number of nitrogens with zero attached hydrogens (tertiary/aromatic N) is 1. The van der Waals surface area contributed by atoms with Crippen LogP contribution in [0.1, 0.15) is 16.2 Å². The zero-order valence-electron chi connectivity index (χ0n) is 11.9. The fourth-order valence-corrected chi connectivity index (χ4v) is 2.85. The molecular weight excluding hydrogens is 296 g/mol. The predicted octanol–water partition coefficient (Wildman–Crippen LogP) is 4.39. The molecule has 0 aliphatic rings. The molecule has 1 N–H and O–H groups in total. The van der Waals surface area contributed by atoms with E-state index in [2.05, 4.69) is 10.5 Å². The lowest BCUT2D eigenvalue weighted by Gasteiger charge is -2.09. The minimum Gasteiger partial charge on any atom is -0.351 e. The Kier molecular flexibility index (Phi) is 4.25. The summed E-state index contributed by atoms with van der Waals surface area (Å²) in [5, 5.41) is 6.60. The van der Waals surface area contributed by atoms with Crippen LogP contribution in [0.3, 0.4) is 0 Å². The minimum absolute atomic E-state index is 0.206. The lowest BCUT2D eigenvalue weighted by Crippen LogP contribution is -2.11. The summed E-state index contributed by atoms with van der Waals surface area (Å²) in [6, 6.07) is 19.3. The second-order valence-electron chi connectivity index (χ2n) is 4.70. The van der Waals surface area contributed by atoms with Gasteiger partial charge in [-0.15, -0.1) is 0 Å². The Morgan fingerprint density at radius 1 is 1.09 bits per heavy atom. The van der Waals surface area contributed by atoms with E-state index in [9.17, 15) is 4.79 Å². The van der Waals surface area contributed by atoms with E-state index in [-0.39, 0.29) is 11.7 Å². The topological polar surface area (TPSA) is 55.1 Å². The maximum Gasteiger partial charge on any atom is 0.294 e. The Balaban J connectivity index is 1.81. The van der Waals surface area contributed by atoms with E-state index < -0.39 is 0 Å². The van der Waals surface area contributed by atoms with Crippen molar-refractivity contribution in [1.29, 1.82) is 0 Å². The third-order valence-electron chi connectivity index (χ3n) is 2.96. The van der Waals surface area contributed by atoms with Crippen LogP contribution in [0.25, 0.3) is 0 Å². The van der Waals surface area contributed by atoms with E-state index in [1.165, 1.54) is 0 Å². The maximum atomic E-state index is 12.2. The number of hydrogen-bond acceptors (Lipinski definition) is 4. The highest BCUT2D eigenvalue weighted by Crippen LogP contribution is 2.33. The zero-order chi connectivity index (χ0) is 15.4. The third kappa shape index (κ3) is 3.38. The van der Waals surface area contributed by atoms with Gasteiger partial charge >= 0.3 is 0 Å². The Bertz CT molecular complexity index is 784. The summed E-state index contributed by atoms with van der Waals surface area (Å²) in [5.41, 5.74) is 1.42. The molecule has 110 valence electrons. The molecule has 0 saturated heterocycles. The van der Waals surface area contributed by atoms with Gasteiger partial charge in [0.2, 0.25) is 5.76 Å². The quantitative estimate of drug-likeness (QED) is 0.776. The fourth-order valence-electron chi connectivity index (χ4n) is 1.93. The van der Waals surface area contributed by atoms with Gasteiger partial charge in [-0.05, 0) is 31.2 Å². The van der Waals surface area contributed by atoms with Gasteiger partial charge in [-0.2, -0.15) is 0 Å². The van der Waals surface area contributed by atoms with E-state index in [1.807, 2.05) is 54.6 Å². The first kappa shape index (κ1) is 14.4. The second kappa shape index (κ2) is 6.49. The van der Waals surface area contributed by atoms with Crippen molar-refractivity contribution in [3.8, 4) is 0 Å². The van der Waals surface area contributed by atoms with Crippen molar-refractivity contribution in [2.75, 3.05) is 5.32 Å². The molecule has 0 fully saturated rings. The zero-order valence-corrected chi connectivity index (χ0v) is 12.8. The van der Waals surface area contributed by atoms with Gasteiger partial charge < -0.3 is 9.84 Å². The number of nitrogens with one attached hydrogen (secondary N) is 1. The van der Waals surface area contributed by atoms with Crippen LogP contribution in [0.15, 0.2) is 75.0 Å². The Hall–Kier alpha value is -2.53. The molecule has 1 amide bonds. The van der Waals surface area contributed by atoms with Crippen molar-refractivity contribution in [2.24, 2.45) is 0 Å². The molecule has 0 aliphatic heterocycles. The Morgan fingerprint density at radius 3 is 2.55 bits per heavy atom. The van der Waals surface area contributed by atoms with Gasteiger partial charge in [-0.25, -0.2) is 0 Å². The molecule has 2 aromatic carbocycles. The van der Waals surface area contributed by atoms with Crippen LogP contribution in [0.4, 0.5) is 5.69 Å². The molecule has 0 atom stereocenters. The van der Waals surface area contributed by atoms with Crippen molar-refractivity contribution in [3.05, 3.63) is 72.1 Å². The smallest absolute Gasteiger partial charge is 0.294 e. The number of aryl methyl sites for hydroxylation is 1. The van der Waals surface area contributed by atoms with Crippen LogP contribution in [0, 0.1) is 6.92 Å². The first-order valence-electron chi connectivity index (χ1n) is 6.79. The van der Waals surface area contributed by atoms with Crippen molar-refractivity contribution in [2.45, 2.75) is 16.7 Å². The summed E-state index contributed by atoms with van der Waals surface area (Å²) >= 11 is 1.60. The van der Waals surface area contributed by atoms with Crippen molar-refractivity contribution in [3.63, 3.8) is 0 Å². The summed E-state index contributed by atoms with van der Waals surface area (Å²) in [6.45, 7) is 1.78. The first-order chi connectivity index (χ1) is 10.7. The molecule has 5 heteroatoms. The average Bonchev–Trinajstić information content (AvgIpc) is 2.97. The molecule has 1 heterocycles. The molecule has 3 rings (SSSR count). The molecule has 0 radical (unpaired) electrons. The Labute approximate surface area is 132 Å². The largest absolute Gasteiger partial charge is 0.351 e. The fraction of sp³-hybridized carbons (Fsp3) is 0.0588. The van der Waals surface area contributed by atoms with Crippen molar-refractivity contribution in [1.82, 2.24) is 5.16 Å². The maximum absolute atomic E-state index is 12.2. The van der Waals surface area contributed by atoms with Crippen LogP contribution in [0.2, 0.25) is 0 Å². The van der Waals surface area contributed by atoms with E-state index in [0.717, 1.165) is 15.5 Å². The number of para-hydroxylation sites is 1. The number of hydrogen-bond donors (Lipinski definition) is 1. The molecule has 1 aromatic heterocycles. The third-order valence-corrected chi connectivity index (χ3v) is 4.04. The number of amides is 1. The lowest BCUT2D eigenvalue weighted by atomic mass is 10.3. The predicted molar refractivity (Wildman–Crippen MR) is 86.2 cm³/mol. The van der Waals surface area contributed by atoms with E-state index in [0.29, 0.717) is 5.69 Å². The second-order valence-corrected chi connectivity index (χ2v) is 5.81. The Morgan fingerprint density at radius 2 is 1.82 bits per heavy atom. The molecule has 0 spiro atoms. The average molecular weight is 310 g/mol. The van der Waals surface area contributed by atoms with Crippen molar-refractivity contribution < 1.29 is 9.32 Å². The van der Waals surface area contributed by atoms with E-state index >= 15 is 0 Å². The molecule has 3 aromatic rings. The van der Waals surface area contributed by atoms with Gasteiger partial charge in [-0.1, -0.05) is 47.3 Å². The van der Waals surface area contributed by atoms with Gasteiger partial charge in [0.25, 0.3) is 5.91 Å². The van der Waals surface area contributed by atoms with Crippen LogP contribution < -0.4 is 5.32 Å². The lowest BCUT2D eigenvalue weighted by molar-refractivity contribution is 0.0987. The highest BCUT2D eigenvalue weighted by molar-refractivity contribution is 7.99. The standard InChI is InChI=1S/C17H14N2O2S/c1-12-11-15(21-19-12)17(20)18-14-9-5-6-10-16(14)22-13-7-3-2-4-8-13/h2-11H,1H3,(H,18,20). The molecular formula is C17H14N2O2S. The highest BCUT2D eigenvalue weighted by atomic mass is 32.2. The molecule has 22 heavy (non-hydrogen) atoms. The first-order valence-corrected chi connectivity index (χ1v) is 7.60. The van der Waals surface area contributed by atoms with Crippen LogP contribution in [-0.2, 0) is 0 Å². The van der Waals surface area contributed by atoms with Gasteiger partial charge in [0.15, 0.2) is 0 Å². The van der Waals surface area contributed by atoms with E-state index in [1.54, 1.807) is 24.8 Å². The number of carbonyl (C=O) groups is 1. The summed E-state index contributed by atoms with van der Waals surface area (Å²) in [4.78, 5) is 14.3. The van der Waals surface area contributed by atoms with Crippen LogP contribution in [0.5, 0.6) is 0 Å². The molecule has 0 unspecified atom stereocenters. The summed E-state index contributed by atoms with van der Waals surface area (Å²) in [6.07, 6.45) is 0. The molecule has 0 saturated carbocycles. The van der Waals surface area contributed by atoms with E-state index in [4.69, 9.17) is 4.52 Å². The molecule has 0 aliphatic carbocycles. The summed E-state index contributed by atoms with van der Waals surface area (Å²) in [7, 11) is 0. The number of rotatable bonds is 4.